The average Bonchev–Trinajstić information content (AvgIpc) is 3.55. The molecule has 0 unspecified atom stereocenters. The van der Waals surface area contributed by atoms with Gasteiger partial charge in [0.1, 0.15) is 5.65 Å². The van der Waals surface area contributed by atoms with E-state index in [-0.39, 0.29) is 17.6 Å². The van der Waals surface area contributed by atoms with Crippen molar-refractivity contribution in [3.8, 4) is 0 Å². The number of imidazole rings is 1. The lowest BCUT2D eigenvalue weighted by Gasteiger charge is -2.34. The maximum Gasteiger partial charge on any atom is 0.277 e. The molecule has 0 radical (unpaired) electrons. The summed E-state index contributed by atoms with van der Waals surface area (Å²) in [6, 6.07) is 9.32. The van der Waals surface area contributed by atoms with Gasteiger partial charge < -0.3 is 9.80 Å². The van der Waals surface area contributed by atoms with Gasteiger partial charge in [0.2, 0.25) is 5.95 Å². The third kappa shape index (κ3) is 3.43. The van der Waals surface area contributed by atoms with Crippen LogP contribution in [0.15, 0.2) is 42.7 Å². The highest BCUT2D eigenvalue weighted by Crippen LogP contribution is 2.34. The number of rotatable bonds is 3. The third-order valence-electron chi connectivity index (χ3n) is 7.33. The number of amides is 1. The van der Waals surface area contributed by atoms with Crippen molar-refractivity contribution in [3.05, 3.63) is 65.6 Å². The van der Waals surface area contributed by atoms with Crippen LogP contribution in [0, 0.1) is 18.8 Å². The van der Waals surface area contributed by atoms with Crippen molar-refractivity contribution < 1.29 is 9.18 Å². The Morgan fingerprint density at radius 3 is 2.82 bits per heavy atom. The predicted octanol–water partition coefficient (Wildman–Crippen LogP) is 4.64. The Balaban J connectivity index is 1.35. The normalized spacial score (nSPS) is 21.1. The van der Waals surface area contributed by atoms with E-state index in [2.05, 4.69) is 42.1 Å². The number of piperidine rings is 1. The summed E-state index contributed by atoms with van der Waals surface area (Å²) < 4.78 is 18.3. The van der Waals surface area contributed by atoms with Gasteiger partial charge in [0, 0.05) is 37.7 Å². The smallest absolute Gasteiger partial charge is 0.277 e. The van der Waals surface area contributed by atoms with Gasteiger partial charge in [-0.2, -0.15) is 9.49 Å². The van der Waals surface area contributed by atoms with Crippen molar-refractivity contribution in [1.82, 2.24) is 23.9 Å². The molecule has 2 saturated heterocycles. The fraction of sp³-hybridized carbons (Fsp3) is 0.423. The molecule has 2 fully saturated rings. The van der Waals surface area contributed by atoms with Crippen molar-refractivity contribution >= 4 is 22.8 Å². The molecule has 8 heteroatoms. The minimum Gasteiger partial charge on any atom is -0.371 e. The molecule has 0 saturated carbocycles. The second-order valence-electron chi connectivity index (χ2n) is 9.81. The van der Waals surface area contributed by atoms with Gasteiger partial charge in [0.25, 0.3) is 5.91 Å². The van der Waals surface area contributed by atoms with E-state index in [1.807, 2.05) is 4.52 Å². The molecule has 6 rings (SSSR count). The summed E-state index contributed by atoms with van der Waals surface area (Å²) in [6.45, 7) is 7.15. The summed E-state index contributed by atoms with van der Waals surface area (Å²) in [7, 11) is 0. The lowest BCUT2D eigenvalue weighted by molar-refractivity contribution is 0.0594. The minimum absolute atomic E-state index is 0.122. The van der Waals surface area contributed by atoms with Crippen LogP contribution in [0.5, 0.6) is 0 Å². The summed E-state index contributed by atoms with van der Waals surface area (Å²) in [5, 5.41) is 4.86. The molecule has 176 valence electrons. The fourth-order valence-electron chi connectivity index (χ4n) is 5.52. The quantitative estimate of drug-likeness (QED) is 0.447. The standard InChI is InChI=1S/C26H29FN6O/c1-17-9-12-30(15-17)22-14-19-13-20(29-33(19)16-18(22)2)21-7-3-5-10-31(21)26(34)24-25(27)32-11-6-4-8-23(32)28-24/h4,6,8,11,13-14,16-17,21H,3,5,7,9-10,12,15H2,1-2H3/t17-,21-/m0/s1. The zero-order valence-corrected chi connectivity index (χ0v) is 19.6. The first kappa shape index (κ1) is 21.1. The molecule has 0 aromatic carbocycles. The zero-order valence-electron chi connectivity index (χ0n) is 19.6. The van der Waals surface area contributed by atoms with E-state index in [0.717, 1.165) is 43.6 Å². The summed E-state index contributed by atoms with van der Waals surface area (Å²) in [5.74, 6) is -0.274. The predicted molar refractivity (Wildman–Crippen MR) is 129 cm³/mol. The van der Waals surface area contributed by atoms with Crippen molar-refractivity contribution in [3.63, 3.8) is 0 Å². The molecule has 2 atom stereocenters. The molecule has 4 aromatic rings. The van der Waals surface area contributed by atoms with Gasteiger partial charge in [-0.15, -0.1) is 0 Å². The highest BCUT2D eigenvalue weighted by Gasteiger charge is 2.34. The first-order valence-corrected chi connectivity index (χ1v) is 12.2. The van der Waals surface area contributed by atoms with Crippen LogP contribution in [0.1, 0.15) is 60.4 Å². The number of likely N-dealkylation sites (tertiary alicyclic amines) is 1. The van der Waals surface area contributed by atoms with Crippen LogP contribution in [0.4, 0.5) is 10.1 Å². The van der Waals surface area contributed by atoms with Crippen LogP contribution in [0.3, 0.4) is 0 Å². The summed E-state index contributed by atoms with van der Waals surface area (Å²) in [5.41, 5.74) is 4.63. The van der Waals surface area contributed by atoms with Crippen LogP contribution in [-0.2, 0) is 0 Å². The maximum absolute atomic E-state index is 15.0. The molecule has 7 nitrogen and oxygen atoms in total. The topological polar surface area (TPSA) is 58.1 Å². The number of nitrogens with zero attached hydrogens (tertiary/aromatic N) is 6. The van der Waals surface area contributed by atoms with Gasteiger partial charge in [0.05, 0.1) is 17.3 Å². The van der Waals surface area contributed by atoms with E-state index in [0.29, 0.717) is 18.1 Å². The van der Waals surface area contributed by atoms with Crippen molar-refractivity contribution in [1.29, 1.82) is 0 Å². The largest absolute Gasteiger partial charge is 0.371 e. The molecular weight excluding hydrogens is 431 g/mol. The molecule has 6 heterocycles. The second-order valence-corrected chi connectivity index (χ2v) is 9.81. The van der Waals surface area contributed by atoms with Crippen molar-refractivity contribution in [2.45, 2.75) is 45.6 Å². The first-order chi connectivity index (χ1) is 16.5. The van der Waals surface area contributed by atoms with Crippen LogP contribution in [0.25, 0.3) is 11.2 Å². The number of hydrogen-bond donors (Lipinski definition) is 0. The number of aromatic nitrogens is 4. The van der Waals surface area contributed by atoms with E-state index in [1.54, 1.807) is 29.3 Å². The molecule has 0 N–H and O–H groups in total. The summed E-state index contributed by atoms with van der Waals surface area (Å²) >= 11 is 0. The fourth-order valence-corrected chi connectivity index (χ4v) is 5.52. The molecule has 2 aliphatic rings. The van der Waals surface area contributed by atoms with Gasteiger partial charge in [-0.05, 0) is 68.4 Å². The Hall–Kier alpha value is -3.42. The Morgan fingerprint density at radius 2 is 2.03 bits per heavy atom. The number of carbonyl (C=O) groups excluding carboxylic acids is 1. The lowest BCUT2D eigenvalue weighted by atomic mass is 9.98. The Labute approximate surface area is 197 Å². The van der Waals surface area contributed by atoms with Gasteiger partial charge >= 0.3 is 0 Å². The number of pyridine rings is 2. The molecule has 2 aliphatic heterocycles. The highest BCUT2D eigenvalue weighted by molar-refractivity contribution is 5.93. The Kier molecular flexibility index (Phi) is 5.04. The Bertz CT molecular complexity index is 1390. The number of anilines is 1. The Morgan fingerprint density at radius 1 is 1.15 bits per heavy atom. The molecule has 4 aromatic heterocycles. The summed E-state index contributed by atoms with van der Waals surface area (Å²) in [6.07, 6.45) is 7.58. The van der Waals surface area contributed by atoms with Gasteiger partial charge in [0.15, 0.2) is 5.69 Å². The average molecular weight is 461 g/mol. The number of aryl methyl sites for hydroxylation is 1. The second kappa shape index (κ2) is 8.11. The van der Waals surface area contributed by atoms with Crippen molar-refractivity contribution in [2.24, 2.45) is 5.92 Å². The molecule has 0 spiro atoms. The van der Waals surface area contributed by atoms with Crippen LogP contribution >= 0.6 is 0 Å². The van der Waals surface area contributed by atoms with Gasteiger partial charge in [-0.1, -0.05) is 13.0 Å². The van der Waals surface area contributed by atoms with Crippen LogP contribution < -0.4 is 4.90 Å². The van der Waals surface area contributed by atoms with E-state index >= 15 is 4.39 Å². The van der Waals surface area contributed by atoms with E-state index in [9.17, 15) is 4.79 Å². The number of carbonyl (C=O) groups is 1. The third-order valence-corrected chi connectivity index (χ3v) is 7.33. The van der Waals surface area contributed by atoms with Crippen LogP contribution in [-0.4, -0.2) is 49.4 Å². The SMILES string of the molecule is Cc1cn2nc([C@@H]3CCCCN3C(=O)c3nc4ccccn4c3F)cc2cc1N1CC[C@H](C)C1. The molecule has 0 bridgehead atoms. The molecular formula is C26H29FN6O. The van der Waals surface area contributed by atoms with E-state index in [4.69, 9.17) is 5.10 Å². The molecule has 34 heavy (non-hydrogen) atoms. The zero-order chi connectivity index (χ0) is 23.4. The number of hydrogen-bond acceptors (Lipinski definition) is 4. The van der Waals surface area contributed by atoms with Crippen molar-refractivity contribution in [2.75, 3.05) is 24.5 Å². The monoisotopic (exact) mass is 460 g/mol. The number of halogens is 1. The van der Waals surface area contributed by atoms with Gasteiger partial charge in [-0.3, -0.25) is 9.20 Å². The first-order valence-electron chi connectivity index (χ1n) is 12.2. The lowest BCUT2D eigenvalue weighted by Crippen LogP contribution is -2.39. The number of fused-ring (bicyclic) bond motifs is 2. The molecule has 1 amide bonds. The minimum atomic E-state index is -0.611. The van der Waals surface area contributed by atoms with E-state index < -0.39 is 5.95 Å². The van der Waals surface area contributed by atoms with Crippen LogP contribution in [0.2, 0.25) is 0 Å². The van der Waals surface area contributed by atoms with Gasteiger partial charge in [-0.25, -0.2) is 9.50 Å². The molecule has 0 aliphatic carbocycles. The highest BCUT2D eigenvalue weighted by atomic mass is 19.1. The van der Waals surface area contributed by atoms with E-state index in [1.165, 1.54) is 22.1 Å². The maximum atomic E-state index is 15.0. The summed E-state index contributed by atoms with van der Waals surface area (Å²) in [4.78, 5) is 22.0.